The van der Waals surface area contributed by atoms with E-state index in [1.165, 1.54) is 30.3 Å². The Labute approximate surface area is 126 Å². The molecule has 0 aliphatic heterocycles. The molecule has 0 atom stereocenters. The van der Waals surface area contributed by atoms with Gasteiger partial charge in [-0.1, -0.05) is 18.2 Å². The molecule has 2 rings (SSSR count). The highest BCUT2D eigenvalue weighted by molar-refractivity contribution is 5.95. The molecule has 0 heterocycles. The highest BCUT2D eigenvalue weighted by atomic mass is 19.1. The third kappa shape index (κ3) is 4.05. The minimum atomic E-state index is -0.594. The quantitative estimate of drug-likeness (QED) is 0.735. The molecule has 0 saturated heterocycles. The van der Waals surface area contributed by atoms with Crippen molar-refractivity contribution >= 4 is 11.8 Å². The maximum atomic E-state index is 13.4. The highest BCUT2D eigenvalue weighted by Crippen LogP contribution is 2.10. The van der Waals surface area contributed by atoms with Crippen molar-refractivity contribution in [2.45, 2.75) is 0 Å². The molecule has 0 fully saturated rings. The zero-order chi connectivity index (χ0) is 15.9. The second kappa shape index (κ2) is 7.21. The van der Waals surface area contributed by atoms with Crippen LogP contribution in [0.25, 0.3) is 0 Å². The van der Waals surface area contributed by atoms with Crippen molar-refractivity contribution in [3.63, 3.8) is 0 Å². The van der Waals surface area contributed by atoms with Crippen LogP contribution >= 0.6 is 0 Å². The summed E-state index contributed by atoms with van der Waals surface area (Å²) in [4.78, 5) is 23.5. The molecule has 0 spiro atoms. The number of phenols is 1. The number of hydrogen-bond donors (Lipinski definition) is 3. The summed E-state index contributed by atoms with van der Waals surface area (Å²) in [5, 5.41) is 14.4. The zero-order valence-electron chi connectivity index (χ0n) is 11.7. The van der Waals surface area contributed by atoms with Gasteiger partial charge < -0.3 is 15.7 Å². The average molecular weight is 302 g/mol. The summed E-state index contributed by atoms with van der Waals surface area (Å²) in [6.07, 6.45) is 0. The number of benzene rings is 2. The summed E-state index contributed by atoms with van der Waals surface area (Å²) >= 11 is 0. The molecule has 0 radical (unpaired) electrons. The summed E-state index contributed by atoms with van der Waals surface area (Å²) < 4.78 is 13.4. The summed E-state index contributed by atoms with van der Waals surface area (Å²) in [5.41, 5.74) is 0.280. The smallest absolute Gasteiger partial charge is 0.254 e. The molecule has 2 aromatic carbocycles. The van der Waals surface area contributed by atoms with E-state index in [1.807, 2.05) is 0 Å². The van der Waals surface area contributed by atoms with E-state index in [0.29, 0.717) is 5.56 Å². The lowest BCUT2D eigenvalue weighted by molar-refractivity contribution is 0.0925. The number of halogens is 1. The Morgan fingerprint density at radius 1 is 0.955 bits per heavy atom. The standard InChI is InChI=1S/C16H15FN2O3/c17-14-7-2-1-6-13(14)16(22)19-9-8-18-15(21)11-4-3-5-12(20)10-11/h1-7,10,20H,8-9H2,(H,18,21)(H,19,22). The van der Waals surface area contributed by atoms with Gasteiger partial charge in [-0.05, 0) is 30.3 Å². The number of amides is 2. The molecule has 2 amide bonds. The van der Waals surface area contributed by atoms with Crippen molar-refractivity contribution in [2.24, 2.45) is 0 Å². The predicted octanol–water partition coefficient (Wildman–Crippen LogP) is 1.69. The van der Waals surface area contributed by atoms with Crippen molar-refractivity contribution in [1.82, 2.24) is 10.6 Å². The van der Waals surface area contributed by atoms with Crippen LogP contribution < -0.4 is 10.6 Å². The number of carbonyl (C=O) groups excluding carboxylic acids is 2. The van der Waals surface area contributed by atoms with E-state index < -0.39 is 11.7 Å². The van der Waals surface area contributed by atoms with Crippen LogP contribution in [-0.2, 0) is 0 Å². The number of hydrogen-bond acceptors (Lipinski definition) is 3. The van der Waals surface area contributed by atoms with Crippen molar-refractivity contribution < 1.29 is 19.1 Å². The normalized spacial score (nSPS) is 10.0. The van der Waals surface area contributed by atoms with Gasteiger partial charge in [0.25, 0.3) is 11.8 Å². The van der Waals surface area contributed by atoms with Gasteiger partial charge in [0.1, 0.15) is 11.6 Å². The molecule has 2 aromatic rings. The van der Waals surface area contributed by atoms with Gasteiger partial charge in [0.05, 0.1) is 5.56 Å². The van der Waals surface area contributed by atoms with E-state index in [0.717, 1.165) is 0 Å². The fourth-order valence-electron chi connectivity index (χ4n) is 1.84. The first-order valence-electron chi connectivity index (χ1n) is 6.68. The van der Waals surface area contributed by atoms with E-state index in [9.17, 15) is 19.1 Å². The van der Waals surface area contributed by atoms with E-state index in [1.54, 1.807) is 18.2 Å². The molecule has 3 N–H and O–H groups in total. The number of carbonyl (C=O) groups is 2. The van der Waals surface area contributed by atoms with Gasteiger partial charge in [0.2, 0.25) is 0 Å². The summed E-state index contributed by atoms with van der Waals surface area (Å²) in [7, 11) is 0. The van der Waals surface area contributed by atoms with Crippen molar-refractivity contribution in [3.8, 4) is 5.75 Å². The number of nitrogens with one attached hydrogen (secondary N) is 2. The number of aromatic hydroxyl groups is 1. The van der Waals surface area contributed by atoms with Crippen molar-refractivity contribution in [2.75, 3.05) is 13.1 Å². The number of phenolic OH excluding ortho intramolecular Hbond substituents is 1. The van der Waals surface area contributed by atoms with Crippen LogP contribution in [0, 0.1) is 5.82 Å². The molecular formula is C16H15FN2O3. The first-order chi connectivity index (χ1) is 10.6. The fourth-order valence-corrected chi connectivity index (χ4v) is 1.84. The Hall–Kier alpha value is -2.89. The van der Waals surface area contributed by atoms with Gasteiger partial charge in [-0.25, -0.2) is 4.39 Å². The van der Waals surface area contributed by atoms with Crippen LogP contribution in [-0.4, -0.2) is 30.0 Å². The van der Waals surface area contributed by atoms with E-state index in [2.05, 4.69) is 10.6 Å². The van der Waals surface area contributed by atoms with Crippen LogP contribution in [0.4, 0.5) is 4.39 Å². The van der Waals surface area contributed by atoms with Gasteiger partial charge >= 0.3 is 0 Å². The molecule has 0 aliphatic carbocycles. The van der Waals surface area contributed by atoms with Crippen molar-refractivity contribution in [1.29, 1.82) is 0 Å². The Morgan fingerprint density at radius 2 is 1.64 bits per heavy atom. The van der Waals surface area contributed by atoms with Gasteiger partial charge in [0.15, 0.2) is 0 Å². The minimum absolute atomic E-state index is 0.000468. The van der Waals surface area contributed by atoms with Crippen LogP contribution in [0.2, 0.25) is 0 Å². The second-order valence-electron chi connectivity index (χ2n) is 4.54. The minimum Gasteiger partial charge on any atom is -0.508 e. The predicted molar refractivity (Wildman–Crippen MR) is 79.2 cm³/mol. The van der Waals surface area contributed by atoms with Gasteiger partial charge in [-0.2, -0.15) is 0 Å². The van der Waals surface area contributed by atoms with Crippen LogP contribution in [0.3, 0.4) is 0 Å². The largest absolute Gasteiger partial charge is 0.508 e. The summed E-state index contributed by atoms with van der Waals surface area (Å²) in [5.74, 6) is -1.50. The Kier molecular flexibility index (Phi) is 5.08. The third-order valence-corrected chi connectivity index (χ3v) is 2.92. The lowest BCUT2D eigenvalue weighted by Gasteiger charge is -2.08. The van der Waals surface area contributed by atoms with Gasteiger partial charge in [0, 0.05) is 18.7 Å². The van der Waals surface area contributed by atoms with Crippen LogP contribution in [0.1, 0.15) is 20.7 Å². The van der Waals surface area contributed by atoms with Gasteiger partial charge in [-0.3, -0.25) is 9.59 Å². The van der Waals surface area contributed by atoms with E-state index >= 15 is 0 Å². The maximum absolute atomic E-state index is 13.4. The van der Waals surface area contributed by atoms with Crippen molar-refractivity contribution in [3.05, 3.63) is 65.5 Å². The maximum Gasteiger partial charge on any atom is 0.254 e. The molecule has 6 heteroatoms. The van der Waals surface area contributed by atoms with E-state index in [-0.39, 0.29) is 30.3 Å². The average Bonchev–Trinajstić information content (AvgIpc) is 2.51. The fraction of sp³-hybridized carbons (Fsp3) is 0.125. The molecule has 0 saturated carbocycles. The summed E-state index contributed by atoms with van der Waals surface area (Å²) in [6, 6.07) is 11.6. The molecule has 0 aromatic heterocycles. The van der Waals surface area contributed by atoms with Gasteiger partial charge in [-0.15, -0.1) is 0 Å². The first-order valence-corrected chi connectivity index (χ1v) is 6.68. The number of rotatable bonds is 5. The molecule has 22 heavy (non-hydrogen) atoms. The molecule has 0 bridgehead atoms. The summed E-state index contributed by atoms with van der Waals surface area (Å²) in [6.45, 7) is 0.354. The third-order valence-electron chi connectivity index (χ3n) is 2.92. The lowest BCUT2D eigenvalue weighted by atomic mass is 10.2. The Morgan fingerprint density at radius 3 is 2.32 bits per heavy atom. The monoisotopic (exact) mass is 302 g/mol. The Balaban J connectivity index is 1.79. The Bertz CT molecular complexity index is 689. The molecule has 0 unspecified atom stereocenters. The molecule has 5 nitrogen and oxygen atoms in total. The zero-order valence-corrected chi connectivity index (χ0v) is 11.7. The molecule has 0 aliphatic rings. The second-order valence-corrected chi connectivity index (χ2v) is 4.54. The molecular weight excluding hydrogens is 287 g/mol. The van der Waals surface area contributed by atoms with E-state index in [4.69, 9.17) is 0 Å². The SMILES string of the molecule is O=C(NCCNC(=O)c1ccccc1F)c1cccc(O)c1. The lowest BCUT2D eigenvalue weighted by Crippen LogP contribution is -2.35. The van der Waals surface area contributed by atoms with Crippen LogP contribution in [0.5, 0.6) is 5.75 Å². The topological polar surface area (TPSA) is 78.4 Å². The van der Waals surface area contributed by atoms with Crippen LogP contribution in [0.15, 0.2) is 48.5 Å². The highest BCUT2D eigenvalue weighted by Gasteiger charge is 2.10. The molecule has 114 valence electrons. The first kappa shape index (κ1) is 15.5.